The van der Waals surface area contributed by atoms with Gasteiger partial charge in [-0.15, -0.1) is 0 Å². The molecule has 0 aliphatic heterocycles. The lowest BCUT2D eigenvalue weighted by molar-refractivity contribution is 0.678. The lowest BCUT2D eigenvalue weighted by Crippen LogP contribution is -2.28. The average Bonchev–Trinajstić information content (AvgIpc) is 2.35. The van der Waals surface area contributed by atoms with Crippen LogP contribution in [0.4, 0.5) is 5.82 Å². The zero-order valence-corrected chi connectivity index (χ0v) is 9.48. The molecule has 0 bridgehead atoms. The van der Waals surface area contributed by atoms with E-state index in [0.29, 0.717) is 0 Å². The lowest BCUT2D eigenvalue weighted by atomic mass is 10.2. The Balaban J connectivity index is 2.13. The van der Waals surface area contributed by atoms with E-state index in [1.807, 2.05) is 24.3 Å². The van der Waals surface area contributed by atoms with Crippen LogP contribution in [0.2, 0.25) is 0 Å². The molecule has 2 aromatic rings. The van der Waals surface area contributed by atoms with Gasteiger partial charge in [0.05, 0.1) is 5.52 Å². The van der Waals surface area contributed by atoms with Gasteiger partial charge in [-0.1, -0.05) is 25.1 Å². The fourth-order valence-electron chi connectivity index (χ4n) is 1.54. The summed E-state index contributed by atoms with van der Waals surface area (Å²) in [5.74, 6) is 0.891. The van der Waals surface area contributed by atoms with Crippen molar-refractivity contribution >= 4 is 16.7 Å². The molecule has 0 spiro atoms. The number of para-hydroxylation sites is 1. The quantitative estimate of drug-likeness (QED) is 0.823. The van der Waals surface area contributed by atoms with Gasteiger partial charge in [0.1, 0.15) is 5.82 Å². The summed E-state index contributed by atoms with van der Waals surface area (Å²) in [7, 11) is 0. The maximum absolute atomic E-state index is 5.84. The number of aromatic nitrogens is 1. The van der Waals surface area contributed by atoms with Crippen molar-refractivity contribution in [3.63, 3.8) is 0 Å². The molecule has 84 valence electrons. The summed E-state index contributed by atoms with van der Waals surface area (Å²) >= 11 is 0. The van der Waals surface area contributed by atoms with Gasteiger partial charge in [-0.05, 0) is 24.6 Å². The monoisotopic (exact) mass is 215 g/mol. The molecule has 0 radical (unpaired) electrons. The highest BCUT2D eigenvalue weighted by molar-refractivity contribution is 5.79. The van der Waals surface area contributed by atoms with Crippen LogP contribution in [0.25, 0.3) is 10.9 Å². The fraction of sp³-hybridized carbons (Fsp3) is 0.308. The fourth-order valence-corrected chi connectivity index (χ4v) is 1.54. The molecule has 1 aromatic heterocycles. The average molecular weight is 215 g/mol. The number of hydrogen-bond acceptors (Lipinski definition) is 3. The van der Waals surface area contributed by atoms with Gasteiger partial charge in [0.2, 0.25) is 0 Å². The highest BCUT2D eigenvalue weighted by atomic mass is 15.0. The van der Waals surface area contributed by atoms with Crippen molar-refractivity contribution in [3.05, 3.63) is 36.4 Å². The maximum atomic E-state index is 5.84. The van der Waals surface area contributed by atoms with Gasteiger partial charge in [0.25, 0.3) is 0 Å². The third kappa shape index (κ3) is 2.49. The Hall–Kier alpha value is -1.61. The van der Waals surface area contributed by atoms with Gasteiger partial charge >= 0.3 is 0 Å². The van der Waals surface area contributed by atoms with Crippen molar-refractivity contribution in [2.24, 2.45) is 5.73 Å². The molecule has 3 heteroatoms. The second-order valence-corrected chi connectivity index (χ2v) is 3.94. The molecule has 0 aliphatic carbocycles. The smallest absolute Gasteiger partial charge is 0.126 e. The molecular formula is C13H17N3. The predicted octanol–water partition coefficient (Wildman–Crippen LogP) is 2.38. The molecule has 3 nitrogen and oxygen atoms in total. The van der Waals surface area contributed by atoms with E-state index in [0.717, 1.165) is 29.7 Å². The zero-order chi connectivity index (χ0) is 11.4. The molecule has 0 saturated carbocycles. The molecular weight excluding hydrogens is 198 g/mol. The number of fused-ring (bicyclic) bond motifs is 1. The van der Waals surface area contributed by atoms with Crippen LogP contribution in [0.1, 0.15) is 13.3 Å². The van der Waals surface area contributed by atoms with Crippen LogP contribution in [0.15, 0.2) is 36.4 Å². The lowest BCUT2D eigenvalue weighted by Gasteiger charge is -2.11. The van der Waals surface area contributed by atoms with E-state index < -0.39 is 0 Å². The molecule has 1 aromatic carbocycles. The summed E-state index contributed by atoms with van der Waals surface area (Å²) < 4.78 is 0. The molecule has 16 heavy (non-hydrogen) atoms. The Kier molecular flexibility index (Phi) is 3.37. The summed E-state index contributed by atoms with van der Waals surface area (Å²) in [4.78, 5) is 4.51. The van der Waals surface area contributed by atoms with E-state index in [9.17, 15) is 0 Å². The summed E-state index contributed by atoms with van der Waals surface area (Å²) in [6, 6.07) is 12.3. The van der Waals surface area contributed by atoms with E-state index >= 15 is 0 Å². The first kappa shape index (κ1) is 10.9. The first-order valence-electron chi connectivity index (χ1n) is 5.65. The molecule has 1 atom stereocenters. The SMILES string of the molecule is CCC(N)CNc1ccc2ccccc2n1. The van der Waals surface area contributed by atoms with E-state index in [1.54, 1.807) is 0 Å². The minimum atomic E-state index is 0.188. The topological polar surface area (TPSA) is 50.9 Å². The summed E-state index contributed by atoms with van der Waals surface area (Å²) in [6.45, 7) is 2.85. The van der Waals surface area contributed by atoms with Gasteiger partial charge in [-0.25, -0.2) is 4.98 Å². The molecule has 0 aliphatic rings. The number of nitrogens with one attached hydrogen (secondary N) is 1. The molecule has 0 fully saturated rings. The minimum Gasteiger partial charge on any atom is -0.368 e. The van der Waals surface area contributed by atoms with Gasteiger partial charge in [0, 0.05) is 18.0 Å². The first-order chi connectivity index (χ1) is 7.79. The van der Waals surface area contributed by atoms with Crippen molar-refractivity contribution in [1.29, 1.82) is 0 Å². The third-order valence-corrected chi connectivity index (χ3v) is 2.67. The van der Waals surface area contributed by atoms with Crippen LogP contribution in [-0.2, 0) is 0 Å². The van der Waals surface area contributed by atoms with Crippen LogP contribution in [0.5, 0.6) is 0 Å². The van der Waals surface area contributed by atoms with Crippen molar-refractivity contribution < 1.29 is 0 Å². The third-order valence-electron chi connectivity index (χ3n) is 2.67. The molecule has 0 saturated heterocycles. The highest BCUT2D eigenvalue weighted by Crippen LogP contribution is 2.14. The van der Waals surface area contributed by atoms with Crippen LogP contribution in [0, 0.1) is 0 Å². The van der Waals surface area contributed by atoms with Crippen LogP contribution in [-0.4, -0.2) is 17.6 Å². The maximum Gasteiger partial charge on any atom is 0.126 e. The number of anilines is 1. The minimum absolute atomic E-state index is 0.188. The van der Waals surface area contributed by atoms with Gasteiger partial charge in [0.15, 0.2) is 0 Å². The normalized spacial score (nSPS) is 12.6. The first-order valence-corrected chi connectivity index (χ1v) is 5.65. The van der Waals surface area contributed by atoms with Crippen molar-refractivity contribution in [2.45, 2.75) is 19.4 Å². The van der Waals surface area contributed by atoms with Crippen LogP contribution < -0.4 is 11.1 Å². The van der Waals surface area contributed by atoms with Crippen LogP contribution >= 0.6 is 0 Å². The Morgan fingerprint density at radius 3 is 2.88 bits per heavy atom. The predicted molar refractivity (Wildman–Crippen MR) is 68.5 cm³/mol. The molecule has 0 amide bonds. The summed E-state index contributed by atoms with van der Waals surface area (Å²) in [5, 5.41) is 4.41. The molecule has 3 N–H and O–H groups in total. The van der Waals surface area contributed by atoms with Crippen molar-refractivity contribution in [3.8, 4) is 0 Å². The van der Waals surface area contributed by atoms with Crippen molar-refractivity contribution in [2.75, 3.05) is 11.9 Å². The van der Waals surface area contributed by atoms with Gasteiger partial charge in [-0.2, -0.15) is 0 Å². The highest BCUT2D eigenvalue weighted by Gasteiger charge is 2.00. The number of rotatable bonds is 4. The molecule has 1 unspecified atom stereocenters. The van der Waals surface area contributed by atoms with E-state index in [4.69, 9.17) is 5.73 Å². The Bertz CT molecular complexity index is 467. The number of nitrogens with zero attached hydrogens (tertiary/aromatic N) is 1. The van der Waals surface area contributed by atoms with Crippen LogP contribution in [0.3, 0.4) is 0 Å². The number of benzene rings is 1. The van der Waals surface area contributed by atoms with E-state index in [2.05, 4.69) is 29.4 Å². The second kappa shape index (κ2) is 4.94. The standard InChI is InChI=1S/C13H17N3/c1-2-11(14)9-15-13-8-7-10-5-3-4-6-12(10)16-13/h3-8,11H,2,9,14H2,1H3,(H,15,16). The Morgan fingerprint density at radius 2 is 2.06 bits per heavy atom. The second-order valence-electron chi connectivity index (χ2n) is 3.94. The van der Waals surface area contributed by atoms with E-state index in [-0.39, 0.29) is 6.04 Å². The summed E-state index contributed by atoms with van der Waals surface area (Å²) in [6.07, 6.45) is 0.973. The molecule has 2 rings (SSSR count). The molecule has 1 heterocycles. The number of hydrogen-bond donors (Lipinski definition) is 2. The Labute approximate surface area is 95.7 Å². The summed E-state index contributed by atoms with van der Waals surface area (Å²) in [5.41, 5.74) is 6.85. The van der Waals surface area contributed by atoms with Crippen molar-refractivity contribution in [1.82, 2.24) is 4.98 Å². The zero-order valence-electron chi connectivity index (χ0n) is 9.48. The number of pyridine rings is 1. The number of nitrogens with two attached hydrogens (primary N) is 1. The van der Waals surface area contributed by atoms with E-state index in [1.165, 1.54) is 0 Å². The largest absolute Gasteiger partial charge is 0.368 e. The van der Waals surface area contributed by atoms with Gasteiger partial charge < -0.3 is 11.1 Å². The van der Waals surface area contributed by atoms with Gasteiger partial charge in [-0.3, -0.25) is 0 Å². The Morgan fingerprint density at radius 1 is 1.25 bits per heavy atom.